The Morgan fingerprint density at radius 1 is 1.31 bits per heavy atom. The third-order valence-electron chi connectivity index (χ3n) is 3.09. The Bertz CT molecular complexity index is 369. The van der Waals surface area contributed by atoms with Gasteiger partial charge in [0.15, 0.2) is 0 Å². The van der Waals surface area contributed by atoms with Gasteiger partial charge < -0.3 is 4.74 Å². The van der Waals surface area contributed by atoms with Crippen LogP contribution in [0.2, 0.25) is 0 Å². The number of aryl methyl sites for hydroxylation is 2. The highest BCUT2D eigenvalue weighted by molar-refractivity contribution is 5.76. The highest BCUT2D eigenvalue weighted by Crippen LogP contribution is 2.33. The molecule has 0 amide bonds. The second-order valence-electron chi connectivity index (χ2n) is 4.68. The molecule has 1 aromatic carbocycles. The molecule has 0 N–H and O–H groups in total. The molecule has 86 valence electrons. The highest BCUT2D eigenvalue weighted by atomic mass is 16.5. The number of aldehydes is 1. The quantitative estimate of drug-likeness (QED) is 0.709. The zero-order valence-electron chi connectivity index (χ0n) is 9.95. The van der Waals surface area contributed by atoms with Crippen LogP contribution >= 0.6 is 0 Å². The van der Waals surface area contributed by atoms with E-state index >= 15 is 0 Å². The zero-order valence-corrected chi connectivity index (χ0v) is 9.95. The Kier molecular flexibility index (Phi) is 3.28. The lowest BCUT2D eigenvalue weighted by Crippen LogP contribution is -2.02. The molecule has 16 heavy (non-hydrogen) atoms. The van der Waals surface area contributed by atoms with Crippen LogP contribution in [0.15, 0.2) is 12.1 Å². The standard InChI is InChI=1S/C14H18O2/c1-10-7-13(9-15)8-11(2)14(10)16-6-5-12-3-4-12/h7-9,12H,3-6H2,1-2H3. The van der Waals surface area contributed by atoms with Crippen molar-refractivity contribution in [2.75, 3.05) is 6.61 Å². The van der Waals surface area contributed by atoms with Gasteiger partial charge in [0.25, 0.3) is 0 Å². The minimum absolute atomic E-state index is 0.726. The molecule has 0 atom stereocenters. The van der Waals surface area contributed by atoms with E-state index in [0.717, 1.165) is 47.7 Å². The van der Waals surface area contributed by atoms with Crippen LogP contribution in [0, 0.1) is 19.8 Å². The molecule has 0 unspecified atom stereocenters. The zero-order chi connectivity index (χ0) is 11.5. The first-order chi connectivity index (χ1) is 7.70. The Labute approximate surface area is 96.6 Å². The first-order valence-corrected chi connectivity index (χ1v) is 5.90. The Hall–Kier alpha value is -1.31. The molecule has 0 aromatic heterocycles. The summed E-state index contributed by atoms with van der Waals surface area (Å²) < 4.78 is 5.80. The van der Waals surface area contributed by atoms with Crippen molar-refractivity contribution in [2.45, 2.75) is 33.1 Å². The lowest BCUT2D eigenvalue weighted by atomic mass is 10.1. The van der Waals surface area contributed by atoms with Gasteiger partial charge in [0, 0.05) is 5.56 Å². The lowest BCUT2D eigenvalue weighted by Gasteiger charge is -2.12. The second-order valence-corrected chi connectivity index (χ2v) is 4.68. The van der Waals surface area contributed by atoms with Crippen LogP contribution < -0.4 is 4.74 Å². The maximum Gasteiger partial charge on any atom is 0.150 e. The monoisotopic (exact) mass is 218 g/mol. The van der Waals surface area contributed by atoms with Crippen molar-refractivity contribution in [3.8, 4) is 5.75 Å². The maximum atomic E-state index is 10.7. The van der Waals surface area contributed by atoms with Gasteiger partial charge in [-0.2, -0.15) is 0 Å². The predicted molar refractivity (Wildman–Crippen MR) is 64.1 cm³/mol. The maximum absolute atomic E-state index is 10.7. The highest BCUT2D eigenvalue weighted by Gasteiger charge is 2.20. The topological polar surface area (TPSA) is 26.3 Å². The number of benzene rings is 1. The third-order valence-corrected chi connectivity index (χ3v) is 3.09. The summed E-state index contributed by atoms with van der Waals surface area (Å²) in [7, 11) is 0. The van der Waals surface area contributed by atoms with Gasteiger partial charge >= 0.3 is 0 Å². The van der Waals surface area contributed by atoms with E-state index in [1.54, 1.807) is 0 Å². The smallest absolute Gasteiger partial charge is 0.150 e. The van der Waals surface area contributed by atoms with Gasteiger partial charge in [0.1, 0.15) is 12.0 Å². The largest absolute Gasteiger partial charge is 0.493 e. The molecule has 2 heteroatoms. The van der Waals surface area contributed by atoms with Gasteiger partial charge in [-0.3, -0.25) is 4.79 Å². The summed E-state index contributed by atoms with van der Waals surface area (Å²) in [6.07, 6.45) is 4.78. The van der Waals surface area contributed by atoms with Crippen molar-refractivity contribution >= 4 is 6.29 Å². The first kappa shape index (κ1) is 11.2. The molecule has 0 radical (unpaired) electrons. The molecule has 1 aliphatic carbocycles. The molecule has 1 fully saturated rings. The average molecular weight is 218 g/mol. The fourth-order valence-electron chi connectivity index (χ4n) is 2.01. The number of hydrogen-bond donors (Lipinski definition) is 0. The van der Waals surface area contributed by atoms with E-state index in [4.69, 9.17) is 4.74 Å². The Morgan fingerprint density at radius 2 is 1.94 bits per heavy atom. The van der Waals surface area contributed by atoms with Crippen LogP contribution in [-0.2, 0) is 0 Å². The molecular weight excluding hydrogens is 200 g/mol. The normalized spacial score (nSPS) is 14.9. The van der Waals surface area contributed by atoms with Gasteiger partial charge in [0.2, 0.25) is 0 Å². The van der Waals surface area contributed by atoms with Gasteiger partial charge in [-0.25, -0.2) is 0 Å². The van der Waals surface area contributed by atoms with Crippen molar-refractivity contribution in [1.29, 1.82) is 0 Å². The van der Waals surface area contributed by atoms with E-state index < -0.39 is 0 Å². The minimum atomic E-state index is 0.726. The van der Waals surface area contributed by atoms with E-state index in [1.807, 2.05) is 26.0 Å². The molecule has 1 aliphatic rings. The van der Waals surface area contributed by atoms with Crippen LogP contribution in [0.3, 0.4) is 0 Å². The molecular formula is C14H18O2. The number of carbonyl (C=O) groups is 1. The second kappa shape index (κ2) is 4.69. The molecule has 0 spiro atoms. The molecule has 1 saturated carbocycles. The van der Waals surface area contributed by atoms with Crippen LogP contribution in [0.25, 0.3) is 0 Å². The van der Waals surface area contributed by atoms with Gasteiger partial charge in [-0.1, -0.05) is 12.8 Å². The summed E-state index contributed by atoms with van der Waals surface area (Å²) in [6, 6.07) is 3.76. The fourth-order valence-corrected chi connectivity index (χ4v) is 2.01. The lowest BCUT2D eigenvalue weighted by molar-refractivity contribution is 0.112. The number of ether oxygens (including phenoxy) is 1. The van der Waals surface area contributed by atoms with Crippen LogP contribution in [0.1, 0.15) is 40.7 Å². The fraction of sp³-hybridized carbons (Fsp3) is 0.500. The van der Waals surface area contributed by atoms with Gasteiger partial charge in [-0.05, 0) is 49.4 Å². The van der Waals surface area contributed by atoms with Crippen molar-refractivity contribution in [2.24, 2.45) is 5.92 Å². The summed E-state index contributed by atoms with van der Waals surface area (Å²) in [5, 5.41) is 0. The van der Waals surface area contributed by atoms with Gasteiger partial charge in [-0.15, -0.1) is 0 Å². The Morgan fingerprint density at radius 3 is 2.44 bits per heavy atom. The molecule has 2 nitrogen and oxygen atoms in total. The van der Waals surface area contributed by atoms with E-state index in [0.29, 0.717) is 0 Å². The van der Waals surface area contributed by atoms with E-state index in [2.05, 4.69) is 0 Å². The number of rotatable bonds is 5. The van der Waals surface area contributed by atoms with E-state index in [9.17, 15) is 4.79 Å². The molecule has 0 bridgehead atoms. The Balaban J connectivity index is 2.03. The van der Waals surface area contributed by atoms with Crippen molar-refractivity contribution in [3.05, 3.63) is 28.8 Å². The first-order valence-electron chi connectivity index (χ1n) is 5.90. The minimum Gasteiger partial charge on any atom is -0.493 e. The summed E-state index contributed by atoms with van der Waals surface area (Å²) in [5.41, 5.74) is 2.83. The molecule has 1 aromatic rings. The summed E-state index contributed by atoms with van der Waals surface area (Å²) in [4.78, 5) is 10.7. The predicted octanol–water partition coefficient (Wildman–Crippen LogP) is 3.29. The van der Waals surface area contributed by atoms with Crippen molar-refractivity contribution in [3.63, 3.8) is 0 Å². The summed E-state index contributed by atoms with van der Waals surface area (Å²) in [5.74, 6) is 1.85. The summed E-state index contributed by atoms with van der Waals surface area (Å²) >= 11 is 0. The average Bonchev–Trinajstić information content (AvgIpc) is 3.05. The van der Waals surface area contributed by atoms with Crippen molar-refractivity contribution < 1.29 is 9.53 Å². The number of hydrogen-bond acceptors (Lipinski definition) is 2. The van der Waals surface area contributed by atoms with Crippen LogP contribution in [0.4, 0.5) is 0 Å². The molecule has 0 aliphatic heterocycles. The molecule has 0 heterocycles. The van der Waals surface area contributed by atoms with E-state index in [1.165, 1.54) is 12.8 Å². The van der Waals surface area contributed by atoms with E-state index in [-0.39, 0.29) is 0 Å². The molecule has 2 rings (SSSR count). The van der Waals surface area contributed by atoms with Gasteiger partial charge in [0.05, 0.1) is 6.61 Å². The summed E-state index contributed by atoms with van der Waals surface area (Å²) in [6.45, 7) is 4.78. The van der Waals surface area contributed by atoms with Crippen LogP contribution in [-0.4, -0.2) is 12.9 Å². The SMILES string of the molecule is Cc1cc(C=O)cc(C)c1OCCC1CC1. The van der Waals surface area contributed by atoms with Crippen molar-refractivity contribution in [1.82, 2.24) is 0 Å². The number of carbonyl (C=O) groups excluding carboxylic acids is 1. The third kappa shape index (κ3) is 2.63. The molecule has 0 saturated heterocycles. The van der Waals surface area contributed by atoms with Crippen LogP contribution in [0.5, 0.6) is 5.75 Å².